The highest BCUT2D eigenvalue weighted by molar-refractivity contribution is 5.84. The van der Waals surface area contributed by atoms with Crippen LogP contribution < -0.4 is 4.74 Å². The van der Waals surface area contributed by atoms with E-state index in [-0.39, 0.29) is 11.9 Å². The number of amides is 1. The van der Waals surface area contributed by atoms with Crippen LogP contribution in [0.5, 0.6) is 5.75 Å². The maximum absolute atomic E-state index is 12.3. The summed E-state index contributed by atoms with van der Waals surface area (Å²) in [6.07, 6.45) is -0.785. The molecule has 0 radical (unpaired) electrons. The first-order valence-electron chi connectivity index (χ1n) is 7.30. The standard InChI is InChI=1S/C16H19NO5/c1-9(18)22-13-7-12-15(19)14(13)17(16(12)20)8-10-3-5-11(21-2)6-4-10/h3-6,12-15,19H,7-8H2,1-2H3/t12-,13-,14+,15+/m0/s1. The van der Waals surface area contributed by atoms with Gasteiger partial charge < -0.3 is 19.5 Å². The van der Waals surface area contributed by atoms with Crippen LogP contribution in [-0.2, 0) is 20.9 Å². The number of carbonyl (C=O) groups excluding carboxylic acids is 2. The third-order valence-electron chi connectivity index (χ3n) is 4.42. The normalized spacial score (nSPS) is 29.8. The van der Waals surface area contributed by atoms with Crippen molar-refractivity contribution in [2.24, 2.45) is 5.92 Å². The zero-order valence-corrected chi connectivity index (χ0v) is 12.6. The van der Waals surface area contributed by atoms with Gasteiger partial charge in [-0.15, -0.1) is 0 Å². The fourth-order valence-corrected chi connectivity index (χ4v) is 3.42. The molecule has 2 aliphatic rings. The van der Waals surface area contributed by atoms with Gasteiger partial charge in [-0.25, -0.2) is 0 Å². The minimum atomic E-state index is -0.768. The van der Waals surface area contributed by atoms with E-state index in [2.05, 4.69) is 0 Å². The van der Waals surface area contributed by atoms with Crippen LogP contribution in [0.4, 0.5) is 0 Å². The summed E-state index contributed by atoms with van der Waals surface area (Å²) in [5.41, 5.74) is 0.940. The van der Waals surface area contributed by atoms with E-state index < -0.39 is 24.2 Å². The molecular weight excluding hydrogens is 286 g/mol. The van der Waals surface area contributed by atoms with Gasteiger partial charge in [0.15, 0.2) is 0 Å². The van der Waals surface area contributed by atoms with Crippen molar-refractivity contribution in [1.82, 2.24) is 4.90 Å². The van der Waals surface area contributed by atoms with Crippen LogP contribution in [0.25, 0.3) is 0 Å². The first-order chi connectivity index (χ1) is 10.5. The highest BCUT2D eigenvalue weighted by Gasteiger charge is 2.58. The van der Waals surface area contributed by atoms with Gasteiger partial charge in [-0.2, -0.15) is 0 Å². The zero-order chi connectivity index (χ0) is 15.9. The maximum Gasteiger partial charge on any atom is 0.302 e. The molecule has 1 aliphatic heterocycles. The number of ether oxygens (including phenoxy) is 2. The predicted octanol–water partition coefficient (Wildman–Crippen LogP) is 0.718. The zero-order valence-electron chi connectivity index (χ0n) is 12.6. The molecule has 3 rings (SSSR count). The number of methoxy groups -OCH3 is 1. The molecule has 1 saturated carbocycles. The van der Waals surface area contributed by atoms with Crippen molar-refractivity contribution in [2.45, 2.75) is 38.1 Å². The number of hydrogen-bond acceptors (Lipinski definition) is 5. The van der Waals surface area contributed by atoms with E-state index in [1.807, 2.05) is 24.3 Å². The number of aliphatic hydroxyl groups is 1. The number of fused-ring (bicyclic) bond motifs is 2. The van der Waals surface area contributed by atoms with Crippen LogP contribution in [0.15, 0.2) is 24.3 Å². The summed E-state index contributed by atoms with van der Waals surface area (Å²) in [6, 6.07) is 6.96. The molecule has 1 N–H and O–H groups in total. The Hall–Kier alpha value is -2.08. The Bertz CT molecular complexity index is 585. The monoisotopic (exact) mass is 305 g/mol. The van der Waals surface area contributed by atoms with Gasteiger partial charge in [-0.1, -0.05) is 12.1 Å². The Kier molecular flexibility index (Phi) is 3.78. The van der Waals surface area contributed by atoms with Gasteiger partial charge in [0.1, 0.15) is 11.9 Å². The molecule has 0 unspecified atom stereocenters. The molecule has 6 nitrogen and oxygen atoms in total. The molecular formula is C16H19NO5. The van der Waals surface area contributed by atoms with Crippen LogP contribution in [0.2, 0.25) is 0 Å². The number of aliphatic hydroxyl groups excluding tert-OH is 1. The third-order valence-corrected chi connectivity index (χ3v) is 4.42. The Morgan fingerprint density at radius 2 is 2.05 bits per heavy atom. The first kappa shape index (κ1) is 14.8. The van der Waals surface area contributed by atoms with Crippen molar-refractivity contribution in [3.8, 4) is 5.75 Å². The fraction of sp³-hybridized carbons (Fsp3) is 0.500. The highest BCUT2D eigenvalue weighted by Crippen LogP contribution is 2.41. The van der Waals surface area contributed by atoms with Crippen molar-refractivity contribution in [3.05, 3.63) is 29.8 Å². The smallest absolute Gasteiger partial charge is 0.302 e. The molecule has 0 aromatic heterocycles. The van der Waals surface area contributed by atoms with Gasteiger partial charge in [-0.05, 0) is 17.7 Å². The second-order valence-electron chi connectivity index (χ2n) is 5.79. The lowest BCUT2D eigenvalue weighted by Gasteiger charge is -2.32. The fourth-order valence-electron chi connectivity index (χ4n) is 3.42. The number of piperidine rings is 1. The molecule has 0 spiro atoms. The van der Waals surface area contributed by atoms with Gasteiger partial charge in [0.25, 0.3) is 0 Å². The van der Waals surface area contributed by atoms with Gasteiger partial charge in [-0.3, -0.25) is 9.59 Å². The maximum atomic E-state index is 12.3. The summed E-state index contributed by atoms with van der Waals surface area (Å²) < 4.78 is 10.4. The van der Waals surface area contributed by atoms with Gasteiger partial charge in [0.05, 0.1) is 25.2 Å². The number of esters is 1. The molecule has 1 aliphatic carbocycles. The van der Waals surface area contributed by atoms with Crippen LogP contribution in [-0.4, -0.2) is 47.2 Å². The molecule has 118 valence electrons. The van der Waals surface area contributed by atoms with Crippen molar-refractivity contribution in [1.29, 1.82) is 0 Å². The summed E-state index contributed by atoms with van der Waals surface area (Å²) in [6.45, 7) is 1.73. The molecule has 6 heteroatoms. The number of carbonyl (C=O) groups is 2. The predicted molar refractivity (Wildman–Crippen MR) is 77.0 cm³/mol. The van der Waals surface area contributed by atoms with Gasteiger partial charge in [0, 0.05) is 19.9 Å². The number of nitrogens with zero attached hydrogens (tertiary/aromatic N) is 1. The highest BCUT2D eigenvalue weighted by atomic mass is 16.5. The van der Waals surface area contributed by atoms with E-state index in [0.717, 1.165) is 11.3 Å². The van der Waals surface area contributed by atoms with Crippen LogP contribution >= 0.6 is 0 Å². The average Bonchev–Trinajstić information content (AvgIpc) is 2.90. The lowest BCUT2D eigenvalue weighted by molar-refractivity contribution is -0.155. The quantitative estimate of drug-likeness (QED) is 0.830. The van der Waals surface area contributed by atoms with Crippen LogP contribution in [0, 0.1) is 5.92 Å². The number of likely N-dealkylation sites (tertiary alicyclic amines) is 1. The summed E-state index contributed by atoms with van der Waals surface area (Å²) in [7, 11) is 1.60. The van der Waals surface area contributed by atoms with Crippen LogP contribution in [0.1, 0.15) is 18.9 Å². The molecule has 2 fully saturated rings. The molecule has 1 amide bonds. The SMILES string of the molecule is COc1ccc(CN2C(=O)[C@H]3C[C@H](OC(C)=O)[C@@H]2[C@@H]3O)cc1. The topological polar surface area (TPSA) is 76.1 Å². The van der Waals surface area contributed by atoms with E-state index in [9.17, 15) is 14.7 Å². The van der Waals surface area contributed by atoms with E-state index in [4.69, 9.17) is 9.47 Å². The molecule has 2 bridgehead atoms. The Labute approximate surface area is 128 Å². The van der Waals surface area contributed by atoms with E-state index >= 15 is 0 Å². The molecule has 4 atom stereocenters. The van der Waals surface area contributed by atoms with Crippen molar-refractivity contribution in [3.63, 3.8) is 0 Å². The second kappa shape index (κ2) is 5.61. The summed E-state index contributed by atoms with van der Waals surface area (Å²) >= 11 is 0. The third kappa shape index (κ3) is 2.43. The number of hydrogen-bond donors (Lipinski definition) is 1. The Morgan fingerprint density at radius 1 is 1.36 bits per heavy atom. The molecule has 1 saturated heterocycles. The molecule has 1 aromatic carbocycles. The molecule has 1 aromatic rings. The van der Waals surface area contributed by atoms with Gasteiger partial charge in [0.2, 0.25) is 5.91 Å². The number of rotatable bonds is 4. The largest absolute Gasteiger partial charge is 0.497 e. The van der Waals surface area contributed by atoms with E-state index in [0.29, 0.717) is 13.0 Å². The lowest BCUT2D eigenvalue weighted by atomic mass is 10.1. The summed E-state index contributed by atoms with van der Waals surface area (Å²) in [5.74, 6) is -0.179. The Balaban J connectivity index is 1.77. The van der Waals surface area contributed by atoms with E-state index in [1.165, 1.54) is 6.92 Å². The van der Waals surface area contributed by atoms with Crippen molar-refractivity contribution >= 4 is 11.9 Å². The van der Waals surface area contributed by atoms with Crippen LogP contribution in [0.3, 0.4) is 0 Å². The first-order valence-corrected chi connectivity index (χ1v) is 7.30. The lowest BCUT2D eigenvalue weighted by Crippen LogP contribution is -2.47. The van der Waals surface area contributed by atoms with Crippen molar-refractivity contribution in [2.75, 3.05) is 7.11 Å². The summed E-state index contributed by atoms with van der Waals surface area (Å²) in [5, 5.41) is 10.2. The second-order valence-corrected chi connectivity index (χ2v) is 5.79. The van der Waals surface area contributed by atoms with E-state index in [1.54, 1.807) is 12.0 Å². The van der Waals surface area contributed by atoms with Crippen molar-refractivity contribution < 1.29 is 24.2 Å². The molecule has 1 heterocycles. The Morgan fingerprint density at radius 3 is 2.59 bits per heavy atom. The minimum absolute atomic E-state index is 0.0725. The summed E-state index contributed by atoms with van der Waals surface area (Å²) in [4.78, 5) is 25.1. The minimum Gasteiger partial charge on any atom is -0.497 e. The average molecular weight is 305 g/mol. The molecule has 22 heavy (non-hydrogen) atoms. The van der Waals surface area contributed by atoms with Gasteiger partial charge >= 0.3 is 5.97 Å². The number of benzene rings is 1.